The van der Waals surface area contributed by atoms with Crippen LogP contribution in [-0.4, -0.2) is 54.2 Å². The fourth-order valence-electron chi connectivity index (χ4n) is 3.09. The Bertz CT molecular complexity index is 1150. The fraction of sp³-hybridized carbons (Fsp3) is 0.158. The molecule has 1 saturated heterocycles. The van der Waals surface area contributed by atoms with Gasteiger partial charge in [-0.05, 0) is 30.3 Å². The summed E-state index contributed by atoms with van der Waals surface area (Å²) >= 11 is 0. The Morgan fingerprint density at radius 3 is 2.76 bits per heavy atom. The standard InChI is InChI=1S/C19H14FN7O2/c20-13-3-1-11(2-4-13)14-7-15(25-24-14)19(28)27-9-12(10-27)18-23-17(26-29-18)16-8-21-5-6-22-16/h1-8,12H,9-10H2,(H,24,25). The van der Waals surface area contributed by atoms with Gasteiger partial charge in [-0.1, -0.05) is 5.16 Å². The third-order valence-electron chi connectivity index (χ3n) is 4.70. The number of likely N-dealkylation sites (tertiary alicyclic amines) is 1. The van der Waals surface area contributed by atoms with Crippen molar-refractivity contribution in [1.29, 1.82) is 0 Å². The average molecular weight is 391 g/mol. The van der Waals surface area contributed by atoms with Crippen LogP contribution < -0.4 is 0 Å². The van der Waals surface area contributed by atoms with E-state index in [2.05, 4.69) is 30.3 Å². The Hall–Kier alpha value is -3.95. The van der Waals surface area contributed by atoms with Crippen LogP contribution in [0.3, 0.4) is 0 Å². The highest BCUT2D eigenvalue weighted by molar-refractivity contribution is 5.94. The maximum Gasteiger partial charge on any atom is 0.271 e. The molecule has 0 spiro atoms. The van der Waals surface area contributed by atoms with Crippen LogP contribution in [0.2, 0.25) is 0 Å². The van der Waals surface area contributed by atoms with Gasteiger partial charge in [0.1, 0.15) is 17.2 Å². The minimum absolute atomic E-state index is 0.0311. The van der Waals surface area contributed by atoms with E-state index in [0.29, 0.717) is 41.9 Å². The van der Waals surface area contributed by atoms with E-state index in [0.717, 1.165) is 5.56 Å². The number of rotatable bonds is 4. The molecule has 4 aromatic rings. The molecule has 0 aliphatic carbocycles. The normalized spacial score (nSPS) is 14.0. The first-order valence-electron chi connectivity index (χ1n) is 8.88. The van der Waals surface area contributed by atoms with Crippen LogP contribution in [0, 0.1) is 5.82 Å². The number of hydrogen-bond acceptors (Lipinski definition) is 7. The topological polar surface area (TPSA) is 114 Å². The Morgan fingerprint density at radius 2 is 2.00 bits per heavy atom. The maximum absolute atomic E-state index is 13.1. The third kappa shape index (κ3) is 3.24. The lowest BCUT2D eigenvalue weighted by Crippen LogP contribution is -2.48. The lowest BCUT2D eigenvalue weighted by atomic mass is 9.99. The molecular formula is C19H14FN7O2. The smallest absolute Gasteiger partial charge is 0.271 e. The number of halogens is 1. The molecule has 144 valence electrons. The summed E-state index contributed by atoms with van der Waals surface area (Å²) in [6.07, 6.45) is 4.68. The SMILES string of the molecule is O=C(c1cc(-c2ccc(F)cc2)n[nH]1)N1CC(c2nc(-c3cnccn3)no2)C1. The minimum Gasteiger partial charge on any atom is -0.338 e. The highest BCUT2D eigenvalue weighted by atomic mass is 19.1. The first-order valence-corrected chi connectivity index (χ1v) is 8.88. The lowest BCUT2D eigenvalue weighted by molar-refractivity contribution is 0.0563. The van der Waals surface area contributed by atoms with Gasteiger partial charge in [0.2, 0.25) is 11.7 Å². The summed E-state index contributed by atoms with van der Waals surface area (Å²) in [5.74, 6) is 0.310. The molecule has 1 aromatic carbocycles. The molecule has 1 aliphatic heterocycles. The molecule has 9 nitrogen and oxygen atoms in total. The summed E-state index contributed by atoms with van der Waals surface area (Å²) in [6.45, 7) is 0.928. The summed E-state index contributed by atoms with van der Waals surface area (Å²) in [7, 11) is 0. The van der Waals surface area contributed by atoms with Crippen molar-refractivity contribution in [3.63, 3.8) is 0 Å². The van der Waals surface area contributed by atoms with Crippen molar-refractivity contribution < 1.29 is 13.7 Å². The molecular weight excluding hydrogens is 377 g/mol. The number of H-pyrrole nitrogens is 1. The van der Waals surface area contributed by atoms with Crippen LogP contribution in [0.1, 0.15) is 22.3 Å². The van der Waals surface area contributed by atoms with E-state index in [1.165, 1.54) is 12.1 Å². The van der Waals surface area contributed by atoms with Gasteiger partial charge in [0.05, 0.1) is 17.8 Å². The summed E-state index contributed by atoms with van der Waals surface area (Å²) in [4.78, 5) is 26.8. The Morgan fingerprint density at radius 1 is 1.17 bits per heavy atom. The highest BCUT2D eigenvalue weighted by Gasteiger charge is 2.36. The van der Waals surface area contributed by atoms with Gasteiger partial charge in [0.25, 0.3) is 5.91 Å². The zero-order valence-electron chi connectivity index (χ0n) is 15.0. The number of aromatic nitrogens is 6. The second-order valence-corrected chi connectivity index (χ2v) is 6.63. The third-order valence-corrected chi connectivity index (χ3v) is 4.70. The summed E-state index contributed by atoms with van der Waals surface area (Å²) in [5.41, 5.74) is 2.20. The monoisotopic (exact) mass is 391 g/mol. The van der Waals surface area contributed by atoms with Gasteiger partial charge in [0, 0.05) is 31.0 Å². The number of aromatic amines is 1. The molecule has 1 fully saturated rings. The minimum atomic E-state index is -0.323. The molecule has 0 saturated carbocycles. The molecule has 1 amide bonds. The average Bonchev–Trinajstić information content (AvgIpc) is 3.38. The van der Waals surface area contributed by atoms with Crippen LogP contribution in [0.4, 0.5) is 4.39 Å². The second-order valence-electron chi connectivity index (χ2n) is 6.63. The Labute approximate surface area is 163 Å². The second kappa shape index (κ2) is 6.89. The van der Waals surface area contributed by atoms with Crippen molar-refractivity contribution in [1.82, 2.24) is 35.2 Å². The molecule has 3 aromatic heterocycles. The maximum atomic E-state index is 13.1. The number of nitrogens with one attached hydrogen (secondary N) is 1. The molecule has 1 aliphatic rings. The van der Waals surface area contributed by atoms with E-state index in [1.54, 1.807) is 41.7 Å². The molecule has 29 heavy (non-hydrogen) atoms. The van der Waals surface area contributed by atoms with Crippen molar-refractivity contribution in [2.75, 3.05) is 13.1 Å². The van der Waals surface area contributed by atoms with E-state index >= 15 is 0 Å². The molecule has 4 heterocycles. The molecule has 0 radical (unpaired) electrons. The number of carbonyl (C=O) groups is 1. The van der Waals surface area contributed by atoms with Gasteiger partial charge < -0.3 is 9.42 Å². The Balaban J connectivity index is 1.24. The van der Waals surface area contributed by atoms with Crippen LogP contribution in [0.25, 0.3) is 22.8 Å². The van der Waals surface area contributed by atoms with Crippen molar-refractivity contribution in [3.05, 3.63) is 66.3 Å². The number of hydrogen-bond donors (Lipinski definition) is 1. The summed E-state index contributed by atoms with van der Waals surface area (Å²) in [5, 5.41) is 10.8. The van der Waals surface area contributed by atoms with E-state index in [-0.39, 0.29) is 17.6 Å². The first kappa shape index (κ1) is 17.2. The van der Waals surface area contributed by atoms with Crippen molar-refractivity contribution >= 4 is 5.91 Å². The van der Waals surface area contributed by atoms with Crippen molar-refractivity contribution in [2.24, 2.45) is 0 Å². The lowest BCUT2D eigenvalue weighted by Gasteiger charge is -2.36. The summed E-state index contributed by atoms with van der Waals surface area (Å²) < 4.78 is 18.4. The Kier molecular flexibility index (Phi) is 4.08. The number of nitrogens with zero attached hydrogens (tertiary/aromatic N) is 6. The molecule has 0 unspecified atom stereocenters. The molecule has 0 atom stereocenters. The molecule has 5 rings (SSSR count). The highest BCUT2D eigenvalue weighted by Crippen LogP contribution is 2.28. The van der Waals surface area contributed by atoms with Crippen LogP contribution in [0.5, 0.6) is 0 Å². The van der Waals surface area contributed by atoms with Crippen molar-refractivity contribution in [2.45, 2.75) is 5.92 Å². The van der Waals surface area contributed by atoms with E-state index in [4.69, 9.17) is 4.52 Å². The van der Waals surface area contributed by atoms with Gasteiger partial charge in [0.15, 0.2) is 0 Å². The zero-order chi connectivity index (χ0) is 19.8. The largest absolute Gasteiger partial charge is 0.338 e. The van der Waals surface area contributed by atoms with Crippen molar-refractivity contribution in [3.8, 4) is 22.8 Å². The number of amides is 1. The van der Waals surface area contributed by atoms with Gasteiger partial charge in [-0.15, -0.1) is 0 Å². The van der Waals surface area contributed by atoms with Crippen LogP contribution in [-0.2, 0) is 0 Å². The predicted octanol–water partition coefficient (Wildman–Crippen LogP) is 2.30. The fourth-order valence-corrected chi connectivity index (χ4v) is 3.09. The summed E-state index contributed by atoms with van der Waals surface area (Å²) in [6, 6.07) is 7.59. The van der Waals surface area contributed by atoms with Gasteiger partial charge >= 0.3 is 0 Å². The van der Waals surface area contributed by atoms with Crippen LogP contribution >= 0.6 is 0 Å². The van der Waals surface area contributed by atoms with Gasteiger partial charge in [-0.2, -0.15) is 10.1 Å². The van der Waals surface area contributed by atoms with Crippen LogP contribution in [0.15, 0.2) is 53.4 Å². The first-order chi connectivity index (χ1) is 14.2. The van der Waals surface area contributed by atoms with Gasteiger partial charge in [-0.25, -0.2) is 9.37 Å². The van der Waals surface area contributed by atoms with E-state index < -0.39 is 0 Å². The van der Waals surface area contributed by atoms with E-state index in [1.807, 2.05) is 0 Å². The molecule has 1 N–H and O–H groups in total. The quantitative estimate of drug-likeness (QED) is 0.568. The molecule has 10 heteroatoms. The van der Waals surface area contributed by atoms with Gasteiger partial charge in [-0.3, -0.25) is 14.9 Å². The number of benzene rings is 1. The van der Waals surface area contributed by atoms with E-state index in [9.17, 15) is 9.18 Å². The predicted molar refractivity (Wildman–Crippen MR) is 98.0 cm³/mol. The molecule has 0 bridgehead atoms. The number of carbonyl (C=O) groups excluding carboxylic acids is 1. The zero-order valence-corrected chi connectivity index (χ0v) is 15.0.